The van der Waals surface area contributed by atoms with Crippen molar-refractivity contribution in [3.05, 3.63) is 27.8 Å². The maximum absolute atomic E-state index is 11.0. The molecule has 14 heavy (non-hydrogen) atoms. The molecule has 0 bridgehead atoms. The Morgan fingerprint density at radius 1 is 1.36 bits per heavy atom. The van der Waals surface area contributed by atoms with Gasteiger partial charge in [-0.1, -0.05) is 0 Å². The number of carbonyl (C=O) groups excluding carboxylic acids is 1. The average molecular weight is 306 g/mol. The van der Waals surface area contributed by atoms with Gasteiger partial charge in [-0.15, -0.1) is 0 Å². The quantitative estimate of drug-likeness (QED) is 0.634. The van der Waals surface area contributed by atoms with Gasteiger partial charge < -0.3 is 9.47 Å². The van der Waals surface area contributed by atoms with Crippen LogP contribution in [0.25, 0.3) is 0 Å². The lowest BCUT2D eigenvalue weighted by molar-refractivity contribution is -0.147. The van der Waals surface area contributed by atoms with Gasteiger partial charge in [-0.05, 0) is 53.8 Å². The fourth-order valence-electron chi connectivity index (χ4n) is 0.931. The van der Waals surface area contributed by atoms with Crippen LogP contribution in [0.1, 0.15) is 6.92 Å². The summed E-state index contributed by atoms with van der Waals surface area (Å²) in [6, 6.07) is 7.47. The molecule has 1 aromatic carbocycles. The van der Waals surface area contributed by atoms with Crippen molar-refractivity contribution in [2.24, 2.45) is 0 Å². The van der Waals surface area contributed by atoms with Crippen LogP contribution in [0.4, 0.5) is 0 Å². The molecule has 0 unspecified atom stereocenters. The minimum absolute atomic E-state index is 0.372. The van der Waals surface area contributed by atoms with Gasteiger partial charge in [0.25, 0.3) is 0 Å². The van der Waals surface area contributed by atoms with Crippen molar-refractivity contribution in [2.75, 3.05) is 7.11 Å². The fraction of sp³-hybridized carbons (Fsp3) is 0.300. The molecule has 76 valence electrons. The Balaban J connectivity index is 2.60. The lowest BCUT2D eigenvalue weighted by Gasteiger charge is -2.11. The molecule has 0 aliphatic heterocycles. The Kier molecular flexibility index (Phi) is 4.19. The molecule has 0 aliphatic rings. The van der Waals surface area contributed by atoms with Crippen molar-refractivity contribution in [1.29, 1.82) is 0 Å². The molecule has 0 aromatic heterocycles. The van der Waals surface area contributed by atoms with E-state index in [1.807, 2.05) is 24.3 Å². The Morgan fingerprint density at radius 3 is 2.43 bits per heavy atom. The molecule has 0 heterocycles. The molecule has 0 saturated heterocycles. The molecule has 0 amide bonds. The molecule has 0 N–H and O–H groups in total. The van der Waals surface area contributed by atoms with E-state index in [0.717, 1.165) is 3.57 Å². The third kappa shape index (κ3) is 3.17. The Labute approximate surface area is 96.5 Å². The topological polar surface area (TPSA) is 35.5 Å². The van der Waals surface area contributed by atoms with Crippen molar-refractivity contribution in [3.63, 3.8) is 0 Å². The highest BCUT2D eigenvalue weighted by molar-refractivity contribution is 14.1. The summed E-state index contributed by atoms with van der Waals surface area (Å²) in [5, 5.41) is 0. The van der Waals surface area contributed by atoms with E-state index in [4.69, 9.17) is 4.74 Å². The zero-order valence-corrected chi connectivity index (χ0v) is 10.1. The fourth-order valence-corrected chi connectivity index (χ4v) is 1.29. The van der Waals surface area contributed by atoms with E-state index >= 15 is 0 Å². The van der Waals surface area contributed by atoms with Crippen molar-refractivity contribution < 1.29 is 14.3 Å². The van der Waals surface area contributed by atoms with Crippen LogP contribution < -0.4 is 4.74 Å². The first-order valence-corrected chi connectivity index (χ1v) is 5.21. The van der Waals surface area contributed by atoms with Gasteiger partial charge in [0.05, 0.1) is 7.11 Å². The standard InChI is InChI=1S/C10H11IO3/c1-7(10(12)13-2)14-9-5-3-8(11)4-6-9/h3-7H,1-2H3/t7-/m1/s1. The van der Waals surface area contributed by atoms with Crippen LogP contribution in [0.15, 0.2) is 24.3 Å². The van der Waals surface area contributed by atoms with Crippen molar-refractivity contribution in [3.8, 4) is 5.75 Å². The zero-order valence-electron chi connectivity index (χ0n) is 7.99. The maximum atomic E-state index is 11.0. The van der Waals surface area contributed by atoms with Gasteiger partial charge in [-0.3, -0.25) is 0 Å². The SMILES string of the molecule is COC(=O)[C@@H](C)Oc1ccc(I)cc1. The number of esters is 1. The molecule has 3 nitrogen and oxygen atoms in total. The van der Waals surface area contributed by atoms with Crippen molar-refractivity contribution >= 4 is 28.6 Å². The maximum Gasteiger partial charge on any atom is 0.346 e. The largest absolute Gasteiger partial charge is 0.479 e. The van der Waals surface area contributed by atoms with Crippen LogP contribution in [-0.4, -0.2) is 19.2 Å². The lowest BCUT2D eigenvalue weighted by atomic mass is 10.3. The second-order valence-corrected chi connectivity index (χ2v) is 3.98. The van der Waals surface area contributed by atoms with Crippen LogP contribution >= 0.6 is 22.6 Å². The average Bonchev–Trinajstić information content (AvgIpc) is 2.20. The number of ether oxygens (including phenoxy) is 2. The van der Waals surface area contributed by atoms with Gasteiger partial charge in [0.1, 0.15) is 5.75 Å². The molecule has 1 rings (SSSR count). The smallest absolute Gasteiger partial charge is 0.346 e. The highest BCUT2D eigenvalue weighted by Gasteiger charge is 2.14. The normalized spacial score (nSPS) is 11.9. The number of rotatable bonds is 3. The van der Waals surface area contributed by atoms with Gasteiger partial charge >= 0.3 is 5.97 Å². The number of benzene rings is 1. The number of methoxy groups -OCH3 is 1. The van der Waals surface area contributed by atoms with Crippen LogP contribution in [0.5, 0.6) is 5.75 Å². The first-order valence-electron chi connectivity index (χ1n) is 4.13. The summed E-state index contributed by atoms with van der Waals surface area (Å²) in [4.78, 5) is 11.0. The first kappa shape index (κ1) is 11.3. The van der Waals surface area contributed by atoms with Crippen LogP contribution in [0, 0.1) is 3.57 Å². The molecular weight excluding hydrogens is 295 g/mol. The molecular formula is C10H11IO3. The third-order valence-corrected chi connectivity index (χ3v) is 2.38. The summed E-state index contributed by atoms with van der Waals surface area (Å²) in [5.41, 5.74) is 0. The van der Waals surface area contributed by atoms with E-state index in [0.29, 0.717) is 5.75 Å². The molecule has 0 spiro atoms. The minimum Gasteiger partial charge on any atom is -0.479 e. The van der Waals surface area contributed by atoms with Gasteiger partial charge in [0.2, 0.25) is 0 Å². The number of carbonyl (C=O) groups is 1. The summed E-state index contributed by atoms with van der Waals surface area (Å²) >= 11 is 2.20. The zero-order chi connectivity index (χ0) is 10.6. The Hall–Kier alpha value is -0.780. The molecule has 1 atom stereocenters. The number of hydrogen-bond donors (Lipinski definition) is 0. The summed E-state index contributed by atoms with van der Waals surface area (Å²) < 4.78 is 11.0. The monoisotopic (exact) mass is 306 g/mol. The molecule has 0 saturated carbocycles. The van der Waals surface area contributed by atoms with E-state index in [9.17, 15) is 4.79 Å². The van der Waals surface area contributed by atoms with Gasteiger partial charge in [0, 0.05) is 3.57 Å². The van der Waals surface area contributed by atoms with E-state index in [1.165, 1.54) is 7.11 Å². The van der Waals surface area contributed by atoms with Crippen LogP contribution in [0.2, 0.25) is 0 Å². The summed E-state index contributed by atoms with van der Waals surface area (Å²) in [6.45, 7) is 1.66. The number of hydrogen-bond acceptors (Lipinski definition) is 3. The van der Waals surface area contributed by atoms with Crippen LogP contribution in [-0.2, 0) is 9.53 Å². The first-order chi connectivity index (χ1) is 6.63. The highest BCUT2D eigenvalue weighted by atomic mass is 127. The molecule has 0 fully saturated rings. The van der Waals surface area contributed by atoms with E-state index in [1.54, 1.807) is 6.92 Å². The molecule has 0 radical (unpaired) electrons. The third-order valence-electron chi connectivity index (χ3n) is 1.66. The molecule has 0 aliphatic carbocycles. The van der Waals surface area contributed by atoms with Crippen LogP contribution in [0.3, 0.4) is 0 Å². The second kappa shape index (κ2) is 5.19. The summed E-state index contributed by atoms with van der Waals surface area (Å²) in [5.74, 6) is 0.298. The Morgan fingerprint density at radius 2 is 1.93 bits per heavy atom. The Bertz CT molecular complexity index is 308. The molecule has 1 aromatic rings. The van der Waals surface area contributed by atoms with Crippen molar-refractivity contribution in [2.45, 2.75) is 13.0 Å². The predicted octanol–water partition coefficient (Wildman–Crippen LogP) is 2.23. The summed E-state index contributed by atoms with van der Waals surface area (Å²) in [7, 11) is 1.34. The summed E-state index contributed by atoms with van der Waals surface area (Å²) in [6.07, 6.45) is -0.569. The van der Waals surface area contributed by atoms with Gasteiger partial charge in [-0.25, -0.2) is 4.79 Å². The van der Waals surface area contributed by atoms with Gasteiger partial charge in [-0.2, -0.15) is 0 Å². The van der Waals surface area contributed by atoms with Crippen molar-refractivity contribution in [1.82, 2.24) is 0 Å². The minimum atomic E-state index is -0.569. The predicted molar refractivity (Wildman–Crippen MR) is 61.3 cm³/mol. The van der Waals surface area contributed by atoms with Gasteiger partial charge in [0.15, 0.2) is 6.10 Å². The van der Waals surface area contributed by atoms with E-state index < -0.39 is 6.10 Å². The number of halogens is 1. The van der Waals surface area contributed by atoms with E-state index in [2.05, 4.69) is 27.3 Å². The second-order valence-electron chi connectivity index (χ2n) is 2.74. The molecule has 4 heteroatoms. The lowest BCUT2D eigenvalue weighted by Crippen LogP contribution is -2.24. The highest BCUT2D eigenvalue weighted by Crippen LogP contribution is 2.15. The van der Waals surface area contributed by atoms with E-state index in [-0.39, 0.29) is 5.97 Å².